The molecular formula is C13H21BrN2S. The van der Waals surface area contributed by atoms with Crippen LogP contribution in [0.2, 0.25) is 0 Å². The summed E-state index contributed by atoms with van der Waals surface area (Å²) in [5.74, 6) is 0. The van der Waals surface area contributed by atoms with E-state index in [-0.39, 0.29) is 0 Å². The largest absolute Gasteiger partial charge is 0.318 e. The predicted molar refractivity (Wildman–Crippen MR) is 78.7 cm³/mol. The molecule has 1 N–H and O–H groups in total. The zero-order valence-corrected chi connectivity index (χ0v) is 13.0. The van der Waals surface area contributed by atoms with Gasteiger partial charge in [0.15, 0.2) is 0 Å². The highest BCUT2D eigenvalue weighted by atomic mass is 79.9. The third-order valence-electron chi connectivity index (χ3n) is 3.62. The number of hydrogen-bond acceptors (Lipinski definition) is 3. The van der Waals surface area contributed by atoms with E-state index in [2.05, 4.69) is 52.3 Å². The standard InChI is InChI=1S/C13H21BrN2S/c1-10(12-6-7-13(14)17-12)16-8-4-3-5-11(16)9-15-2/h6-7,10-11,15H,3-5,8-9H2,1-2H3. The lowest BCUT2D eigenvalue weighted by atomic mass is 9.99. The minimum Gasteiger partial charge on any atom is -0.318 e. The molecule has 1 aromatic heterocycles. The highest BCUT2D eigenvalue weighted by Crippen LogP contribution is 2.33. The van der Waals surface area contributed by atoms with Gasteiger partial charge >= 0.3 is 0 Å². The molecule has 0 aliphatic carbocycles. The molecule has 2 nitrogen and oxygen atoms in total. The SMILES string of the molecule is CNCC1CCCCN1C(C)c1ccc(Br)s1. The molecule has 2 rings (SSSR count). The van der Waals surface area contributed by atoms with E-state index in [0.717, 1.165) is 6.54 Å². The molecular weight excluding hydrogens is 296 g/mol. The number of likely N-dealkylation sites (N-methyl/N-ethyl adjacent to an activating group) is 1. The predicted octanol–water partition coefficient (Wildman–Crippen LogP) is 3.65. The number of likely N-dealkylation sites (tertiary alicyclic amines) is 1. The van der Waals surface area contributed by atoms with Crippen LogP contribution in [-0.2, 0) is 0 Å². The van der Waals surface area contributed by atoms with E-state index in [4.69, 9.17) is 0 Å². The van der Waals surface area contributed by atoms with E-state index in [1.54, 1.807) is 0 Å². The van der Waals surface area contributed by atoms with Crippen LogP contribution in [0.5, 0.6) is 0 Å². The van der Waals surface area contributed by atoms with Crippen molar-refractivity contribution in [3.8, 4) is 0 Å². The Kier molecular flexibility index (Phi) is 5.03. The molecule has 0 radical (unpaired) electrons. The Bertz CT molecular complexity index is 351. The van der Waals surface area contributed by atoms with Crippen molar-refractivity contribution in [1.82, 2.24) is 10.2 Å². The summed E-state index contributed by atoms with van der Waals surface area (Å²) in [6.45, 7) is 4.69. The Morgan fingerprint density at radius 1 is 1.53 bits per heavy atom. The van der Waals surface area contributed by atoms with Crippen molar-refractivity contribution in [1.29, 1.82) is 0 Å². The van der Waals surface area contributed by atoms with Gasteiger partial charge in [0.1, 0.15) is 0 Å². The Morgan fingerprint density at radius 3 is 3.00 bits per heavy atom. The van der Waals surface area contributed by atoms with Crippen LogP contribution in [0.3, 0.4) is 0 Å². The second kappa shape index (κ2) is 6.32. The van der Waals surface area contributed by atoms with E-state index >= 15 is 0 Å². The fourth-order valence-corrected chi connectivity index (χ4v) is 4.20. The maximum absolute atomic E-state index is 3.56. The topological polar surface area (TPSA) is 15.3 Å². The fourth-order valence-electron chi connectivity index (χ4n) is 2.70. The second-order valence-corrected chi connectivity index (χ2v) is 7.26. The van der Waals surface area contributed by atoms with Crippen LogP contribution in [0.25, 0.3) is 0 Å². The van der Waals surface area contributed by atoms with Gasteiger partial charge in [0.2, 0.25) is 0 Å². The van der Waals surface area contributed by atoms with Crippen molar-refractivity contribution in [3.63, 3.8) is 0 Å². The van der Waals surface area contributed by atoms with Crippen LogP contribution in [0.15, 0.2) is 15.9 Å². The average molecular weight is 317 g/mol. The quantitative estimate of drug-likeness (QED) is 0.912. The number of nitrogens with zero attached hydrogens (tertiary/aromatic N) is 1. The lowest BCUT2D eigenvalue weighted by Crippen LogP contribution is -2.45. The zero-order valence-electron chi connectivity index (χ0n) is 10.6. The van der Waals surface area contributed by atoms with E-state index in [1.165, 1.54) is 34.5 Å². The highest BCUT2D eigenvalue weighted by molar-refractivity contribution is 9.11. The molecule has 1 aliphatic heterocycles. The summed E-state index contributed by atoms with van der Waals surface area (Å²) in [6.07, 6.45) is 4.05. The van der Waals surface area contributed by atoms with Gasteiger partial charge in [-0.15, -0.1) is 11.3 Å². The van der Waals surface area contributed by atoms with Gasteiger partial charge < -0.3 is 5.32 Å². The summed E-state index contributed by atoms with van der Waals surface area (Å²) >= 11 is 5.42. The lowest BCUT2D eigenvalue weighted by molar-refractivity contribution is 0.105. The van der Waals surface area contributed by atoms with Crippen molar-refractivity contribution >= 4 is 27.3 Å². The molecule has 0 aromatic carbocycles. The first-order chi connectivity index (χ1) is 8.22. The van der Waals surface area contributed by atoms with Crippen LogP contribution < -0.4 is 5.32 Å². The molecule has 96 valence electrons. The Balaban J connectivity index is 2.07. The maximum Gasteiger partial charge on any atom is 0.0701 e. The number of thiophene rings is 1. The minimum atomic E-state index is 0.546. The van der Waals surface area contributed by atoms with Crippen LogP contribution >= 0.6 is 27.3 Å². The highest BCUT2D eigenvalue weighted by Gasteiger charge is 2.27. The number of halogens is 1. The first kappa shape index (κ1) is 13.5. The molecule has 0 amide bonds. The van der Waals surface area contributed by atoms with Gasteiger partial charge in [-0.3, -0.25) is 4.90 Å². The van der Waals surface area contributed by atoms with Crippen molar-refractivity contribution in [3.05, 3.63) is 20.8 Å². The van der Waals surface area contributed by atoms with Gasteiger partial charge in [-0.25, -0.2) is 0 Å². The Labute approximate surface area is 117 Å². The zero-order chi connectivity index (χ0) is 12.3. The molecule has 1 aromatic rings. The van der Waals surface area contributed by atoms with Gasteiger partial charge in [0, 0.05) is 23.5 Å². The van der Waals surface area contributed by atoms with Gasteiger partial charge in [0.25, 0.3) is 0 Å². The summed E-state index contributed by atoms with van der Waals surface area (Å²) in [7, 11) is 2.05. The van der Waals surface area contributed by atoms with Crippen molar-refractivity contribution in [2.24, 2.45) is 0 Å². The smallest absolute Gasteiger partial charge is 0.0701 e. The molecule has 0 bridgehead atoms. The molecule has 2 heterocycles. The number of rotatable bonds is 4. The molecule has 0 spiro atoms. The van der Waals surface area contributed by atoms with E-state index in [1.807, 2.05) is 11.3 Å². The molecule has 4 heteroatoms. The Hall–Kier alpha value is 0.1000. The van der Waals surface area contributed by atoms with Crippen LogP contribution in [0.4, 0.5) is 0 Å². The summed E-state index contributed by atoms with van der Waals surface area (Å²) in [5.41, 5.74) is 0. The summed E-state index contributed by atoms with van der Waals surface area (Å²) < 4.78 is 1.24. The van der Waals surface area contributed by atoms with Gasteiger partial charge in [-0.1, -0.05) is 6.42 Å². The van der Waals surface area contributed by atoms with Crippen LogP contribution in [0.1, 0.15) is 37.1 Å². The van der Waals surface area contributed by atoms with E-state index in [9.17, 15) is 0 Å². The third kappa shape index (κ3) is 3.31. The lowest BCUT2D eigenvalue weighted by Gasteiger charge is -2.39. The summed E-state index contributed by atoms with van der Waals surface area (Å²) in [5, 5.41) is 3.33. The number of nitrogens with one attached hydrogen (secondary N) is 1. The van der Waals surface area contributed by atoms with Crippen molar-refractivity contribution in [2.45, 2.75) is 38.3 Å². The van der Waals surface area contributed by atoms with E-state index in [0.29, 0.717) is 12.1 Å². The van der Waals surface area contributed by atoms with Gasteiger partial charge in [-0.2, -0.15) is 0 Å². The van der Waals surface area contributed by atoms with Crippen molar-refractivity contribution < 1.29 is 0 Å². The first-order valence-corrected chi connectivity index (χ1v) is 7.99. The number of hydrogen-bond donors (Lipinski definition) is 1. The minimum absolute atomic E-state index is 0.546. The molecule has 1 fully saturated rings. The van der Waals surface area contributed by atoms with Crippen LogP contribution in [-0.4, -0.2) is 31.1 Å². The molecule has 17 heavy (non-hydrogen) atoms. The fraction of sp³-hybridized carbons (Fsp3) is 0.692. The van der Waals surface area contributed by atoms with Crippen molar-refractivity contribution in [2.75, 3.05) is 20.1 Å². The number of piperidine rings is 1. The molecule has 2 unspecified atom stereocenters. The third-order valence-corrected chi connectivity index (χ3v) is 5.41. The Morgan fingerprint density at radius 2 is 2.35 bits per heavy atom. The summed E-state index contributed by atoms with van der Waals surface area (Å²) in [6, 6.07) is 5.66. The average Bonchev–Trinajstić information content (AvgIpc) is 2.76. The molecule has 2 atom stereocenters. The monoisotopic (exact) mass is 316 g/mol. The van der Waals surface area contributed by atoms with E-state index < -0.39 is 0 Å². The van der Waals surface area contributed by atoms with Crippen LogP contribution in [0, 0.1) is 0 Å². The molecule has 1 aliphatic rings. The molecule has 1 saturated heterocycles. The normalized spacial score (nSPS) is 23.8. The summed E-state index contributed by atoms with van der Waals surface area (Å²) in [4.78, 5) is 4.14. The maximum atomic E-state index is 3.56. The first-order valence-electron chi connectivity index (χ1n) is 6.38. The van der Waals surface area contributed by atoms with Gasteiger partial charge in [-0.05, 0) is 61.4 Å². The second-order valence-electron chi connectivity index (χ2n) is 4.76. The molecule has 0 saturated carbocycles. The van der Waals surface area contributed by atoms with Gasteiger partial charge in [0.05, 0.1) is 3.79 Å².